The minimum atomic E-state index is -0.654. The third kappa shape index (κ3) is 4.45. The maximum atomic E-state index is 11.7. The number of carbonyl (C=O) groups is 1. The summed E-state index contributed by atoms with van der Waals surface area (Å²) in [7, 11) is 0. The molecule has 1 aliphatic heterocycles. The second kappa shape index (κ2) is 7.32. The second-order valence-corrected chi connectivity index (χ2v) is 6.84. The van der Waals surface area contributed by atoms with Crippen LogP contribution in [0.15, 0.2) is 24.3 Å². The summed E-state index contributed by atoms with van der Waals surface area (Å²) in [4.78, 5) is 14.1. The monoisotopic (exact) mass is 317 g/mol. The number of nitrogens with one attached hydrogen (secondary N) is 2. The van der Waals surface area contributed by atoms with Crippen molar-refractivity contribution in [2.75, 3.05) is 26.2 Å². The van der Waals surface area contributed by atoms with E-state index < -0.39 is 5.60 Å². The molecule has 0 unspecified atom stereocenters. The summed E-state index contributed by atoms with van der Waals surface area (Å²) in [6.45, 7) is 4.13. The van der Waals surface area contributed by atoms with Gasteiger partial charge in [0.25, 0.3) is 0 Å². The first-order valence-electron chi connectivity index (χ1n) is 8.68. The molecule has 2 aliphatic rings. The summed E-state index contributed by atoms with van der Waals surface area (Å²) in [5, 5.41) is 15.6. The van der Waals surface area contributed by atoms with Gasteiger partial charge in [-0.3, -0.25) is 4.90 Å². The van der Waals surface area contributed by atoms with Crippen LogP contribution in [0.4, 0.5) is 4.79 Å². The molecule has 0 aromatic heterocycles. The molecule has 0 atom stereocenters. The Balaban J connectivity index is 1.29. The number of nitrogens with zero attached hydrogens (tertiary/aromatic N) is 1. The lowest BCUT2D eigenvalue weighted by Crippen LogP contribution is -2.50. The molecular weight excluding hydrogens is 290 g/mol. The van der Waals surface area contributed by atoms with E-state index in [1.165, 1.54) is 11.1 Å². The summed E-state index contributed by atoms with van der Waals surface area (Å²) >= 11 is 0. The summed E-state index contributed by atoms with van der Waals surface area (Å²) in [6, 6.07) is 8.46. The number of urea groups is 1. The van der Waals surface area contributed by atoms with E-state index in [9.17, 15) is 9.90 Å². The Morgan fingerprint density at radius 1 is 1.22 bits per heavy atom. The molecular formula is C18H27N3O2. The molecule has 126 valence electrons. The van der Waals surface area contributed by atoms with E-state index in [2.05, 4.69) is 39.8 Å². The number of hydrogen-bond donors (Lipinski definition) is 3. The van der Waals surface area contributed by atoms with E-state index in [0.717, 1.165) is 51.7 Å². The van der Waals surface area contributed by atoms with Crippen molar-refractivity contribution < 1.29 is 9.90 Å². The van der Waals surface area contributed by atoms with Gasteiger partial charge in [-0.05, 0) is 43.2 Å². The van der Waals surface area contributed by atoms with E-state index in [1.54, 1.807) is 0 Å². The van der Waals surface area contributed by atoms with Crippen LogP contribution in [0.25, 0.3) is 0 Å². The van der Waals surface area contributed by atoms with Crippen molar-refractivity contribution >= 4 is 6.03 Å². The van der Waals surface area contributed by atoms with E-state index in [-0.39, 0.29) is 6.03 Å². The lowest BCUT2D eigenvalue weighted by atomic mass is 9.80. The van der Waals surface area contributed by atoms with E-state index in [0.29, 0.717) is 13.1 Å². The van der Waals surface area contributed by atoms with Crippen LogP contribution < -0.4 is 10.6 Å². The zero-order chi connectivity index (χ0) is 16.1. The summed E-state index contributed by atoms with van der Waals surface area (Å²) < 4.78 is 0. The van der Waals surface area contributed by atoms with E-state index >= 15 is 0 Å². The highest BCUT2D eigenvalue weighted by Gasteiger charge is 2.34. The van der Waals surface area contributed by atoms with Crippen molar-refractivity contribution in [1.82, 2.24) is 15.5 Å². The number of amides is 2. The fraction of sp³-hybridized carbons (Fsp3) is 0.611. The number of rotatable bonds is 6. The summed E-state index contributed by atoms with van der Waals surface area (Å²) in [5.74, 6) is 0. The molecule has 1 aromatic carbocycles. The molecule has 0 bridgehead atoms. The van der Waals surface area contributed by atoms with Crippen LogP contribution in [0.3, 0.4) is 0 Å². The van der Waals surface area contributed by atoms with E-state index in [1.807, 2.05) is 0 Å². The smallest absolute Gasteiger partial charge is 0.314 e. The highest BCUT2D eigenvalue weighted by molar-refractivity contribution is 5.73. The molecule has 2 amide bonds. The number of fused-ring (bicyclic) bond motifs is 1. The molecule has 1 saturated carbocycles. The Hall–Kier alpha value is -1.59. The van der Waals surface area contributed by atoms with Gasteiger partial charge in [-0.25, -0.2) is 4.79 Å². The molecule has 3 rings (SSSR count). The second-order valence-electron chi connectivity index (χ2n) is 6.84. The zero-order valence-electron chi connectivity index (χ0n) is 13.7. The van der Waals surface area contributed by atoms with Gasteiger partial charge in [0.05, 0.1) is 5.60 Å². The molecule has 3 N–H and O–H groups in total. The van der Waals surface area contributed by atoms with Crippen LogP contribution in [0.5, 0.6) is 0 Å². The first kappa shape index (κ1) is 16.3. The number of hydrogen-bond acceptors (Lipinski definition) is 3. The van der Waals surface area contributed by atoms with Gasteiger partial charge in [0.15, 0.2) is 0 Å². The van der Waals surface area contributed by atoms with Crippen molar-refractivity contribution in [2.45, 2.75) is 44.2 Å². The van der Waals surface area contributed by atoms with Crippen LogP contribution in [0, 0.1) is 0 Å². The lowest BCUT2D eigenvalue weighted by molar-refractivity contribution is -0.0290. The molecule has 1 heterocycles. The summed E-state index contributed by atoms with van der Waals surface area (Å²) in [5.41, 5.74) is 2.24. The largest absolute Gasteiger partial charge is 0.388 e. The normalized spacial score (nSPS) is 19.5. The Bertz CT molecular complexity index is 543. The van der Waals surface area contributed by atoms with Crippen LogP contribution >= 0.6 is 0 Å². The van der Waals surface area contributed by atoms with Crippen molar-refractivity contribution in [2.24, 2.45) is 0 Å². The minimum Gasteiger partial charge on any atom is -0.388 e. The first-order valence-corrected chi connectivity index (χ1v) is 8.68. The average Bonchev–Trinajstić information content (AvgIpc) is 2.55. The van der Waals surface area contributed by atoms with Gasteiger partial charge >= 0.3 is 6.03 Å². The van der Waals surface area contributed by atoms with Gasteiger partial charge < -0.3 is 15.7 Å². The Kier molecular flexibility index (Phi) is 5.18. The molecule has 1 aromatic rings. The summed E-state index contributed by atoms with van der Waals surface area (Å²) in [6.07, 6.45) is 4.70. The maximum Gasteiger partial charge on any atom is 0.314 e. The fourth-order valence-corrected chi connectivity index (χ4v) is 3.32. The molecule has 5 heteroatoms. The van der Waals surface area contributed by atoms with Crippen molar-refractivity contribution in [3.8, 4) is 0 Å². The third-order valence-corrected chi connectivity index (χ3v) is 5.01. The van der Waals surface area contributed by atoms with E-state index in [4.69, 9.17) is 0 Å². The number of carbonyl (C=O) groups excluding carboxylic acids is 1. The van der Waals surface area contributed by atoms with Crippen LogP contribution in [0.2, 0.25) is 0 Å². The van der Waals surface area contributed by atoms with Gasteiger partial charge in [0, 0.05) is 32.7 Å². The molecule has 1 aliphatic carbocycles. The molecule has 0 radical (unpaired) electrons. The van der Waals surface area contributed by atoms with Crippen LogP contribution in [0.1, 0.15) is 36.8 Å². The molecule has 23 heavy (non-hydrogen) atoms. The predicted octanol–water partition coefficient (Wildman–Crippen LogP) is 1.65. The SMILES string of the molecule is O=C(NCCCN1CCc2ccccc2C1)NCC1(O)CCC1. The standard InChI is InChI=1S/C18H27N3O2/c22-17(20-14-18(23)8-3-9-18)19-10-4-11-21-12-7-15-5-1-2-6-16(15)13-21/h1-2,5-6,23H,3-4,7-14H2,(H2,19,20,22). The number of benzene rings is 1. The minimum absolute atomic E-state index is 0.172. The first-order chi connectivity index (χ1) is 11.1. The van der Waals surface area contributed by atoms with Gasteiger partial charge in [0.2, 0.25) is 0 Å². The van der Waals surface area contributed by atoms with Gasteiger partial charge in [-0.2, -0.15) is 0 Å². The Labute approximate surface area is 138 Å². The van der Waals surface area contributed by atoms with Crippen molar-refractivity contribution in [3.05, 3.63) is 35.4 Å². The Morgan fingerprint density at radius 3 is 2.74 bits per heavy atom. The number of aliphatic hydroxyl groups is 1. The maximum absolute atomic E-state index is 11.7. The zero-order valence-corrected chi connectivity index (χ0v) is 13.7. The average molecular weight is 317 g/mol. The Morgan fingerprint density at radius 2 is 2.00 bits per heavy atom. The van der Waals surface area contributed by atoms with Gasteiger partial charge in [-0.15, -0.1) is 0 Å². The molecule has 0 spiro atoms. The fourth-order valence-electron chi connectivity index (χ4n) is 3.32. The quantitative estimate of drug-likeness (QED) is 0.699. The molecule has 5 nitrogen and oxygen atoms in total. The van der Waals surface area contributed by atoms with Crippen molar-refractivity contribution in [1.29, 1.82) is 0 Å². The van der Waals surface area contributed by atoms with Gasteiger partial charge in [0.1, 0.15) is 0 Å². The predicted molar refractivity (Wildman–Crippen MR) is 90.2 cm³/mol. The highest BCUT2D eigenvalue weighted by Crippen LogP contribution is 2.30. The van der Waals surface area contributed by atoms with Gasteiger partial charge in [-0.1, -0.05) is 24.3 Å². The lowest BCUT2D eigenvalue weighted by Gasteiger charge is -2.36. The van der Waals surface area contributed by atoms with Crippen LogP contribution in [-0.4, -0.2) is 47.8 Å². The molecule has 1 fully saturated rings. The third-order valence-electron chi connectivity index (χ3n) is 5.01. The molecule has 0 saturated heterocycles. The van der Waals surface area contributed by atoms with Crippen molar-refractivity contribution in [3.63, 3.8) is 0 Å². The van der Waals surface area contributed by atoms with Crippen LogP contribution in [-0.2, 0) is 13.0 Å². The highest BCUT2D eigenvalue weighted by atomic mass is 16.3. The topological polar surface area (TPSA) is 64.6 Å².